The number of halogens is 1. The molecule has 3 aromatic rings. The van der Waals surface area contributed by atoms with Gasteiger partial charge in [-0.05, 0) is 12.1 Å². The van der Waals surface area contributed by atoms with Crippen LogP contribution >= 0.6 is 11.6 Å². The fraction of sp³-hybridized carbons (Fsp3) is 0. The molecule has 0 aliphatic rings. The molecule has 0 N–H and O–H groups in total. The normalized spacial score (nSPS) is 10.4. The molecular weight excluding hydrogens is 318 g/mol. The number of rotatable bonds is 2. The van der Waals surface area contributed by atoms with Crippen LogP contribution in [0, 0.1) is 21.4 Å². The summed E-state index contributed by atoms with van der Waals surface area (Å²) in [7, 11) is 0. The van der Waals surface area contributed by atoms with Gasteiger partial charge in [0, 0.05) is 23.7 Å². The van der Waals surface area contributed by atoms with Crippen LogP contribution in [0.5, 0.6) is 0 Å². The number of para-hydroxylation sites is 1. The molecule has 0 saturated heterocycles. The first-order valence-electron chi connectivity index (χ1n) is 6.51. The lowest BCUT2D eigenvalue weighted by molar-refractivity contribution is -0.384. The summed E-state index contributed by atoms with van der Waals surface area (Å²) < 4.78 is 1.32. The third-order valence-electron chi connectivity index (χ3n) is 3.45. The molecule has 6 nitrogen and oxygen atoms in total. The summed E-state index contributed by atoms with van der Waals surface area (Å²) in [6.45, 7) is 0. The number of benzene rings is 2. The first kappa shape index (κ1) is 14.8. The number of nitriles is 1. The Balaban J connectivity index is 2.15. The predicted octanol–water partition coefficient (Wildman–Crippen LogP) is 3.76. The minimum absolute atomic E-state index is 0.0134. The van der Waals surface area contributed by atoms with Gasteiger partial charge in [-0.25, -0.2) is 0 Å². The monoisotopic (exact) mass is 325 g/mol. The minimum Gasteiger partial charge on any atom is -0.282 e. The largest absolute Gasteiger partial charge is 0.282 e. The van der Waals surface area contributed by atoms with E-state index in [-0.39, 0.29) is 16.3 Å². The number of hydrogen-bond donors (Lipinski definition) is 0. The van der Waals surface area contributed by atoms with Crippen LogP contribution < -0.4 is 0 Å². The third kappa shape index (κ3) is 2.43. The number of carbonyl (C=O) groups excluding carboxylic acids is 1. The van der Waals surface area contributed by atoms with Gasteiger partial charge in [0.05, 0.1) is 26.6 Å². The molecule has 7 heteroatoms. The van der Waals surface area contributed by atoms with Crippen molar-refractivity contribution in [3.8, 4) is 6.07 Å². The summed E-state index contributed by atoms with van der Waals surface area (Å²) in [5, 5.41) is 20.6. The van der Waals surface area contributed by atoms with Crippen LogP contribution in [0.25, 0.3) is 10.9 Å². The second kappa shape index (κ2) is 5.55. The molecule has 0 amide bonds. The maximum absolute atomic E-state index is 12.7. The number of carbonyl (C=O) groups is 1. The Kier molecular flexibility index (Phi) is 3.56. The van der Waals surface area contributed by atoms with Crippen LogP contribution in [-0.2, 0) is 0 Å². The lowest BCUT2D eigenvalue weighted by atomic mass is 10.2. The standard InChI is InChI=1S/C16H8ClN3O3/c17-14-7-11(20(22)23)5-6-13(14)16(21)19-9-10(8-18)12-3-1-2-4-15(12)19/h1-7,9H. The van der Waals surface area contributed by atoms with Crippen LogP contribution in [-0.4, -0.2) is 15.4 Å². The van der Waals surface area contributed by atoms with E-state index in [0.29, 0.717) is 16.5 Å². The van der Waals surface area contributed by atoms with Crippen molar-refractivity contribution >= 4 is 34.1 Å². The molecular formula is C16H8ClN3O3. The molecule has 0 radical (unpaired) electrons. The van der Waals surface area contributed by atoms with Gasteiger partial charge >= 0.3 is 0 Å². The highest BCUT2D eigenvalue weighted by molar-refractivity contribution is 6.34. The zero-order valence-electron chi connectivity index (χ0n) is 11.6. The minimum atomic E-state index is -0.584. The highest BCUT2D eigenvalue weighted by Gasteiger charge is 2.19. The van der Waals surface area contributed by atoms with Crippen molar-refractivity contribution in [2.45, 2.75) is 0 Å². The molecule has 3 rings (SSSR count). The van der Waals surface area contributed by atoms with E-state index in [0.717, 1.165) is 6.07 Å². The van der Waals surface area contributed by atoms with Crippen LogP contribution in [0.2, 0.25) is 5.02 Å². The van der Waals surface area contributed by atoms with Crippen molar-refractivity contribution in [1.29, 1.82) is 5.26 Å². The SMILES string of the molecule is N#Cc1cn(C(=O)c2ccc([N+](=O)[O-])cc2Cl)c2ccccc12. The van der Waals surface area contributed by atoms with Crippen LogP contribution in [0.1, 0.15) is 15.9 Å². The van der Waals surface area contributed by atoms with Crippen molar-refractivity contribution in [2.75, 3.05) is 0 Å². The van der Waals surface area contributed by atoms with Gasteiger partial charge in [-0.2, -0.15) is 5.26 Å². The number of hydrogen-bond acceptors (Lipinski definition) is 4. The Labute approximate surface area is 135 Å². The fourth-order valence-corrected chi connectivity index (χ4v) is 2.61. The molecule has 0 aliphatic heterocycles. The van der Waals surface area contributed by atoms with E-state index >= 15 is 0 Å². The van der Waals surface area contributed by atoms with Gasteiger partial charge in [0.2, 0.25) is 0 Å². The smallest absolute Gasteiger partial charge is 0.270 e. The Morgan fingerprint density at radius 2 is 2.00 bits per heavy atom. The molecule has 1 heterocycles. The van der Waals surface area contributed by atoms with Crippen LogP contribution in [0.15, 0.2) is 48.7 Å². The van der Waals surface area contributed by atoms with Crippen molar-refractivity contribution in [3.63, 3.8) is 0 Å². The van der Waals surface area contributed by atoms with Crippen LogP contribution in [0.4, 0.5) is 5.69 Å². The lowest BCUT2D eigenvalue weighted by Crippen LogP contribution is -2.11. The molecule has 0 unspecified atom stereocenters. The average molecular weight is 326 g/mol. The number of nitro groups is 1. The number of nitrogens with zero attached hydrogens (tertiary/aromatic N) is 3. The van der Waals surface area contributed by atoms with E-state index in [4.69, 9.17) is 11.6 Å². The number of non-ortho nitro benzene ring substituents is 1. The molecule has 0 fully saturated rings. The highest BCUT2D eigenvalue weighted by Crippen LogP contribution is 2.26. The summed E-state index contributed by atoms with van der Waals surface area (Å²) in [6.07, 6.45) is 1.44. The van der Waals surface area contributed by atoms with E-state index in [2.05, 4.69) is 0 Å². The van der Waals surface area contributed by atoms with E-state index in [1.54, 1.807) is 24.3 Å². The number of aromatic nitrogens is 1. The van der Waals surface area contributed by atoms with Gasteiger partial charge in [0.25, 0.3) is 11.6 Å². The third-order valence-corrected chi connectivity index (χ3v) is 3.76. The topological polar surface area (TPSA) is 88.9 Å². The van der Waals surface area contributed by atoms with Gasteiger partial charge in [0.15, 0.2) is 0 Å². The highest BCUT2D eigenvalue weighted by atomic mass is 35.5. The van der Waals surface area contributed by atoms with Crippen molar-refractivity contribution < 1.29 is 9.72 Å². The Hall–Kier alpha value is -3.17. The van der Waals surface area contributed by atoms with E-state index in [9.17, 15) is 20.2 Å². The Morgan fingerprint density at radius 3 is 2.65 bits per heavy atom. The zero-order valence-corrected chi connectivity index (χ0v) is 12.3. The molecule has 0 atom stereocenters. The quantitative estimate of drug-likeness (QED) is 0.530. The summed E-state index contributed by atoms with van der Waals surface area (Å²) in [5.41, 5.74) is 0.875. The molecule has 0 aliphatic carbocycles. The molecule has 112 valence electrons. The van der Waals surface area contributed by atoms with E-state index < -0.39 is 10.8 Å². The molecule has 0 spiro atoms. The second-order valence-corrected chi connectivity index (χ2v) is 5.18. The van der Waals surface area contributed by atoms with E-state index in [1.807, 2.05) is 6.07 Å². The zero-order chi connectivity index (χ0) is 16.6. The number of nitro benzene ring substituents is 1. The van der Waals surface area contributed by atoms with Crippen molar-refractivity contribution in [2.24, 2.45) is 0 Å². The predicted molar refractivity (Wildman–Crippen MR) is 84.5 cm³/mol. The molecule has 1 aromatic heterocycles. The van der Waals surface area contributed by atoms with Crippen LogP contribution in [0.3, 0.4) is 0 Å². The summed E-state index contributed by atoms with van der Waals surface area (Å²) in [5.74, 6) is -0.456. The summed E-state index contributed by atoms with van der Waals surface area (Å²) in [6, 6.07) is 12.7. The molecule has 0 saturated carbocycles. The summed E-state index contributed by atoms with van der Waals surface area (Å²) in [4.78, 5) is 22.8. The first-order valence-corrected chi connectivity index (χ1v) is 6.89. The van der Waals surface area contributed by atoms with Gasteiger partial charge in [-0.1, -0.05) is 29.8 Å². The van der Waals surface area contributed by atoms with Gasteiger partial charge < -0.3 is 0 Å². The first-order chi connectivity index (χ1) is 11.0. The fourth-order valence-electron chi connectivity index (χ4n) is 2.36. The second-order valence-electron chi connectivity index (χ2n) is 4.77. The Morgan fingerprint density at radius 1 is 1.26 bits per heavy atom. The van der Waals surface area contributed by atoms with Crippen molar-refractivity contribution in [3.05, 3.63) is 74.9 Å². The van der Waals surface area contributed by atoms with Gasteiger partial charge in [-0.15, -0.1) is 0 Å². The maximum Gasteiger partial charge on any atom is 0.270 e. The van der Waals surface area contributed by atoms with Gasteiger partial charge in [-0.3, -0.25) is 19.5 Å². The van der Waals surface area contributed by atoms with Gasteiger partial charge in [0.1, 0.15) is 6.07 Å². The Bertz CT molecular complexity index is 1000. The maximum atomic E-state index is 12.7. The molecule has 23 heavy (non-hydrogen) atoms. The van der Waals surface area contributed by atoms with E-state index in [1.165, 1.54) is 22.9 Å². The molecule has 0 bridgehead atoms. The lowest BCUT2D eigenvalue weighted by Gasteiger charge is -2.06. The van der Waals surface area contributed by atoms with Crippen molar-refractivity contribution in [1.82, 2.24) is 4.57 Å². The summed E-state index contributed by atoms with van der Waals surface area (Å²) >= 11 is 6.01. The number of fused-ring (bicyclic) bond motifs is 1. The average Bonchev–Trinajstić information content (AvgIpc) is 2.93. The molecule has 2 aromatic carbocycles.